The van der Waals surface area contributed by atoms with Crippen molar-refractivity contribution in [2.45, 2.75) is 4.90 Å². The minimum Gasteiger partial charge on any atom is -0.445 e. The average Bonchev–Trinajstić information content (AvgIpc) is 1.99. The van der Waals surface area contributed by atoms with Crippen LogP contribution in [-0.4, -0.2) is 15.4 Å². The maximum atomic E-state index is 12.2. The van der Waals surface area contributed by atoms with Gasteiger partial charge in [0, 0.05) is 0 Å². The summed E-state index contributed by atoms with van der Waals surface area (Å²) in [6.45, 7) is -5.20. The zero-order valence-corrected chi connectivity index (χ0v) is 8.70. The lowest BCUT2D eigenvalue weighted by Gasteiger charge is -2.15. The summed E-state index contributed by atoms with van der Waals surface area (Å²) in [4.78, 5) is -0.520. The van der Waals surface area contributed by atoms with Gasteiger partial charge in [0.15, 0.2) is 0 Å². The number of benzene rings is 1. The monoisotopic (exact) mass is 258 g/mol. The van der Waals surface area contributed by atoms with E-state index in [1.807, 2.05) is 0 Å². The molecule has 0 spiro atoms. The summed E-state index contributed by atoms with van der Waals surface area (Å²) in [5.41, 5.74) is -0.965. The van der Waals surface area contributed by atoms with Gasteiger partial charge < -0.3 is 12.9 Å². The molecule has 0 fully saturated rings. The topological polar surface area (TPSA) is 60.2 Å². The number of hydrogen-bond donors (Lipinski definition) is 1. The molecule has 1 aromatic rings. The molecular weight excluding hydrogens is 253 g/mol. The maximum absolute atomic E-state index is 12.2. The van der Waals surface area contributed by atoms with E-state index in [-0.39, 0.29) is 0 Å². The molecule has 0 aromatic heterocycles. The molecular formula is C6H5BClF3NO2S-. The molecule has 0 unspecified atom stereocenters. The zero-order chi connectivity index (χ0) is 11.9. The summed E-state index contributed by atoms with van der Waals surface area (Å²) in [5, 5.41) is 4.20. The molecule has 2 N–H and O–H groups in total. The van der Waals surface area contributed by atoms with Crippen LogP contribution in [0.3, 0.4) is 0 Å². The van der Waals surface area contributed by atoms with Crippen molar-refractivity contribution in [1.29, 1.82) is 0 Å². The summed E-state index contributed by atoms with van der Waals surface area (Å²) >= 11 is 5.37. The molecule has 1 rings (SSSR count). The fraction of sp³-hybridized carbons (Fsp3) is 0. The lowest BCUT2D eigenvalue weighted by Crippen LogP contribution is -2.34. The van der Waals surface area contributed by atoms with Gasteiger partial charge in [-0.25, -0.2) is 13.6 Å². The van der Waals surface area contributed by atoms with Crippen LogP contribution in [0, 0.1) is 0 Å². The third kappa shape index (κ3) is 2.86. The van der Waals surface area contributed by atoms with Crippen molar-refractivity contribution in [2.75, 3.05) is 0 Å². The number of halogens is 4. The van der Waals surface area contributed by atoms with Gasteiger partial charge >= 0.3 is 6.98 Å². The third-order valence-corrected chi connectivity index (χ3v) is 3.03. The van der Waals surface area contributed by atoms with Gasteiger partial charge in [-0.05, 0) is 6.07 Å². The molecule has 0 aliphatic heterocycles. The normalized spacial score (nSPS) is 12.9. The Hall–Kier alpha value is -0.725. The lowest BCUT2D eigenvalue weighted by molar-refractivity contribution is 0.501. The van der Waals surface area contributed by atoms with Crippen LogP contribution in [0.1, 0.15) is 0 Å². The van der Waals surface area contributed by atoms with Gasteiger partial charge in [-0.2, -0.15) is 0 Å². The van der Waals surface area contributed by atoms with Crippen LogP contribution in [0.25, 0.3) is 0 Å². The van der Waals surface area contributed by atoms with Crippen molar-refractivity contribution in [3.63, 3.8) is 0 Å². The summed E-state index contributed by atoms with van der Waals surface area (Å²) in [5.74, 6) is 0. The molecule has 0 saturated carbocycles. The summed E-state index contributed by atoms with van der Waals surface area (Å²) < 4.78 is 58.3. The first-order valence-corrected chi connectivity index (χ1v) is 5.57. The van der Waals surface area contributed by atoms with Crippen LogP contribution in [0.15, 0.2) is 23.1 Å². The SMILES string of the molecule is NS(=O)(=O)c1ccc([B-](F)(F)F)cc1Cl. The molecule has 0 atom stereocenters. The Kier molecular flexibility index (Phi) is 3.04. The number of rotatable bonds is 2. The van der Waals surface area contributed by atoms with E-state index in [1.54, 1.807) is 0 Å². The highest BCUT2D eigenvalue weighted by Gasteiger charge is 2.26. The highest BCUT2D eigenvalue weighted by molar-refractivity contribution is 7.89. The van der Waals surface area contributed by atoms with Crippen molar-refractivity contribution < 1.29 is 21.4 Å². The van der Waals surface area contributed by atoms with Crippen LogP contribution in [0.4, 0.5) is 12.9 Å². The van der Waals surface area contributed by atoms with Crippen LogP contribution in [-0.2, 0) is 10.0 Å². The number of sulfonamides is 1. The first kappa shape index (κ1) is 12.3. The number of hydrogen-bond acceptors (Lipinski definition) is 2. The predicted molar refractivity (Wildman–Crippen MR) is 51.5 cm³/mol. The Morgan fingerprint density at radius 3 is 2.13 bits per heavy atom. The van der Waals surface area contributed by atoms with E-state index in [1.165, 1.54) is 0 Å². The maximum Gasteiger partial charge on any atom is 0.509 e. The fourth-order valence-corrected chi connectivity index (χ4v) is 2.05. The Labute approximate surface area is 89.1 Å². The second-order valence-corrected chi connectivity index (χ2v) is 4.75. The van der Waals surface area contributed by atoms with E-state index in [0.29, 0.717) is 12.1 Å². The Bertz CT molecular complexity index is 488. The van der Waals surface area contributed by atoms with Gasteiger partial charge in [-0.1, -0.05) is 23.7 Å². The molecule has 3 nitrogen and oxygen atoms in total. The lowest BCUT2D eigenvalue weighted by atomic mass is 9.80. The zero-order valence-electron chi connectivity index (χ0n) is 7.12. The smallest absolute Gasteiger partial charge is 0.445 e. The predicted octanol–water partition coefficient (Wildman–Crippen LogP) is 1.04. The molecule has 0 aliphatic carbocycles. The van der Waals surface area contributed by atoms with Gasteiger partial charge in [-0.3, -0.25) is 0 Å². The van der Waals surface area contributed by atoms with Gasteiger partial charge in [0.25, 0.3) is 0 Å². The molecule has 9 heteroatoms. The summed E-state index contributed by atoms with van der Waals surface area (Å²) in [7, 11) is -4.09. The van der Waals surface area contributed by atoms with E-state index in [2.05, 4.69) is 0 Å². The first-order chi connectivity index (χ1) is 6.62. The molecule has 0 aliphatic rings. The van der Waals surface area contributed by atoms with E-state index in [4.69, 9.17) is 16.7 Å². The summed E-state index contributed by atoms with van der Waals surface area (Å²) in [6.07, 6.45) is 0. The first-order valence-electron chi connectivity index (χ1n) is 3.64. The van der Waals surface area contributed by atoms with E-state index >= 15 is 0 Å². The quantitative estimate of drug-likeness (QED) is 0.806. The Morgan fingerprint density at radius 2 is 1.80 bits per heavy atom. The summed E-state index contributed by atoms with van der Waals surface area (Å²) in [6, 6.07) is 1.91. The van der Waals surface area contributed by atoms with Gasteiger partial charge in [-0.15, -0.1) is 5.46 Å². The Morgan fingerprint density at radius 1 is 1.27 bits per heavy atom. The number of primary sulfonamides is 1. The minimum atomic E-state index is -5.20. The van der Waals surface area contributed by atoms with Gasteiger partial charge in [0.1, 0.15) is 4.90 Å². The molecule has 0 radical (unpaired) electrons. The van der Waals surface area contributed by atoms with E-state index in [9.17, 15) is 21.4 Å². The van der Waals surface area contributed by atoms with E-state index in [0.717, 1.165) is 6.07 Å². The molecule has 0 saturated heterocycles. The van der Waals surface area contributed by atoms with E-state index < -0.39 is 32.4 Å². The Balaban J connectivity index is 3.34. The molecule has 0 bridgehead atoms. The standard InChI is InChI=1S/C6H5BClF3NO2S/c8-5-3-4(7(9,10)11)1-2-6(5)15(12,13)14/h1-3H,(H2,12,13,14)/q-1. The highest BCUT2D eigenvalue weighted by atomic mass is 35.5. The van der Waals surface area contributed by atoms with Gasteiger partial charge in [0.05, 0.1) is 5.02 Å². The second kappa shape index (κ2) is 3.69. The molecule has 15 heavy (non-hydrogen) atoms. The molecule has 84 valence electrons. The highest BCUT2D eigenvalue weighted by Crippen LogP contribution is 2.20. The van der Waals surface area contributed by atoms with Crippen LogP contribution < -0.4 is 10.6 Å². The fourth-order valence-electron chi connectivity index (χ4n) is 0.951. The van der Waals surface area contributed by atoms with Crippen molar-refractivity contribution in [2.24, 2.45) is 5.14 Å². The van der Waals surface area contributed by atoms with Crippen LogP contribution in [0.5, 0.6) is 0 Å². The van der Waals surface area contributed by atoms with Crippen molar-refractivity contribution >= 4 is 34.1 Å². The largest absolute Gasteiger partial charge is 0.509 e. The number of nitrogens with two attached hydrogens (primary N) is 1. The van der Waals surface area contributed by atoms with Crippen molar-refractivity contribution in [1.82, 2.24) is 0 Å². The minimum absolute atomic E-state index is 0.520. The van der Waals surface area contributed by atoms with Crippen molar-refractivity contribution in [3.05, 3.63) is 23.2 Å². The third-order valence-electron chi connectivity index (χ3n) is 1.64. The van der Waals surface area contributed by atoms with Crippen LogP contribution >= 0.6 is 11.6 Å². The van der Waals surface area contributed by atoms with Crippen molar-refractivity contribution in [3.8, 4) is 0 Å². The second-order valence-electron chi connectivity index (χ2n) is 2.81. The molecule has 1 aromatic carbocycles. The molecule has 0 heterocycles. The molecule has 0 amide bonds. The average molecular weight is 258 g/mol. The van der Waals surface area contributed by atoms with Crippen LogP contribution in [0.2, 0.25) is 5.02 Å². The van der Waals surface area contributed by atoms with Gasteiger partial charge in [0.2, 0.25) is 10.0 Å².